The molecule has 2 nitrogen and oxygen atoms in total. The van der Waals surface area contributed by atoms with Crippen LogP contribution >= 0.6 is 0 Å². The Hall–Kier alpha value is -1.02. The second-order valence-electron chi connectivity index (χ2n) is 6.07. The maximum atomic E-state index is 9.89. The SMILES string of the molecule is Cc1cc(C(C)(C)N2CCCCC2)cc(C)c1O. The van der Waals surface area contributed by atoms with Crippen LogP contribution in [0.15, 0.2) is 12.1 Å². The molecule has 1 aliphatic heterocycles. The minimum Gasteiger partial charge on any atom is -0.507 e. The van der Waals surface area contributed by atoms with Crippen LogP contribution in [0.5, 0.6) is 5.75 Å². The molecule has 100 valence electrons. The van der Waals surface area contributed by atoms with E-state index >= 15 is 0 Å². The van der Waals surface area contributed by atoms with Gasteiger partial charge in [0.05, 0.1) is 0 Å². The normalized spacial score (nSPS) is 18.0. The summed E-state index contributed by atoms with van der Waals surface area (Å²) in [7, 11) is 0. The van der Waals surface area contributed by atoms with Gasteiger partial charge in [-0.2, -0.15) is 0 Å². The van der Waals surface area contributed by atoms with Gasteiger partial charge in [0.1, 0.15) is 5.75 Å². The van der Waals surface area contributed by atoms with E-state index in [1.165, 1.54) is 37.9 Å². The highest BCUT2D eigenvalue weighted by molar-refractivity contribution is 5.44. The summed E-state index contributed by atoms with van der Waals surface area (Å²) in [5.74, 6) is 0.438. The second kappa shape index (κ2) is 4.93. The number of rotatable bonds is 2. The van der Waals surface area contributed by atoms with E-state index in [2.05, 4.69) is 30.9 Å². The monoisotopic (exact) mass is 247 g/mol. The number of hydrogen-bond acceptors (Lipinski definition) is 2. The molecule has 0 amide bonds. The number of benzene rings is 1. The van der Waals surface area contributed by atoms with E-state index in [0.717, 1.165) is 11.1 Å². The lowest BCUT2D eigenvalue weighted by Crippen LogP contribution is -2.44. The van der Waals surface area contributed by atoms with Gasteiger partial charge in [-0.1, -0.05) is 18.6 Å². The molecule has 1 aromatic rings. The van der Waals surface area contributed by atoms with Gasteiger partial charge in [-0.3, -0.25) is 4.90 Å². The van der Waals surface area contributed by atoms with Crippen LogP contribution in [0, 0.1) is 13.8 Å². The van der Waals surface area contributed by atoms with Crippen LogP contribution in [0.1, 0.15) is 49.8 Å². The Morgan fingerprint density at radius 2 is 1.50 bits per heavy atom. The summed E-state index contributed by atoms with van der Waals surface area (Å²) >= 11 is 0. The number of hydrogen-bond donors (Lipinski definition) is 1. The Kier molecular flexibility index (Phi) is 3.67. The van der Waals surface area contributed by atoms with E-state index in [-0.39, 0.29) is 5.54 Å². The highest BCUT2D eigenvalue weighted by Crippen LogP contribution is 2.34. The van der Waals surface area contributed by atoms with Crippen molar-refractivity contribution in [3.05, 3.63) is 28.8 Å². The quantitative estimate of drug-likeness (QED) is 0.860. The minimum atomic E-state index is 0.0592. The van der Waals surface area contributed by atoms with Crippen molar-refractivity contribution in [2.24, 2.45) is 0 Å². The highest BCUT2D eigenvalue weighted by Gasteiger charge is 2.30. The molecule has 0 unspecified atom stereocenters. The molecule has 0 atom stereocenters. The fourth-order valence-corrected chi connectivity index (χ4v) is 2.94. The van der Waals surface area contributed by atoms with Crippen molar-refractivity contribution in [3.63, 3.8) is 0 Å². The van der Waals surface area contributed by atoms with Crippen molar-refractivity contribution < 1.29 is 5.11 Å². The summed E-state index contributed by atoms with van der Waals surface area (Å²) in [5, 5.41) is 9.89. The zero-order valence-corrected chi connectivity index (χ0v) is 12.1. The third-order valence-corrected chi connectivity index (χ3v) is 4.34. The van der Waals surface area contributed by atoms with Crippen molar-refractivity contribution in [1.29, 1.82) is 0 Å². The largest absolute Gasteiger partial charge is 0.507 e. The van der Waals surface area contributed by atoms with Gasteiger partial charge < -0.3 is 5.11 Å². The topological polar surface area (TPSA) is 23.5 Å². The van der Waals surface area contributed by atoms with Crippen LogP contribution in [0.25, 0.3) is 0 Å². The summed E-state index contributed by atoms with van der Waals surface area (Å²) in [6.07, 6.45) is 3.97. The fraction of sp³-hybridized carbons (Fsp3) is 0.625. The summed E-state index contributed by atoms with van der Waals surface area (Å²) in [4.78, 5) is 2.57. The third kappa shape index (κ3) is 2.39. The smallest absolute Gasteiger partial charge is 0.121 e. The molecule has 0 aliphatic carbocycles. The van der Waals surface area contributed by atoms with Gasteiger partial charge in [0, 0.05) is 5.54 Å². The number of aromatic hydroxyl groups is 1. The van der Waals surface area contributed by atoms with Gasteiger partial charge >= 0.3 is 0 Å². The zero-order chi connectivity index (χ0) is 13.3. The molecular weight excluding hydrogens is 222 g/mol. The molecule has 1 N–H and O–H groups in total. The molecule has 0 saturated carbocycles. The lowest BCUT2D eigenvalue weighted by Gasteiger charge is -2.41. The molecule has 1 fully saturated rings. The van der Waals surface area contributed by atoms with Crippen molar-refractivity contribution in [3.8, 4) is 5.75 Å². The third-order valence-electron chi connectivity index (χ3n) is 4.34. The van der Waals surface area contributed by atoms with Gasteiger partial charge in [0.25, 0.3) is 0 Å². The summed E-state index contributed by atoms with van der Waals surface area (Å²) in [5.41, 5.74) is 3.34. The van der Waals surface area contributed by atoms with E-state index in [4.69, 9.17) is 0 Å². The molecule has 0 bridgehead atoms. The number of piperidine rings is 1. The van der Waals surface area contributed by atoms with Crippen molar-refractivity contribution in [2.75, 3.05) is 13.1 Å². The van der Waals surface area contributed by atoms with Gasteiger partial charge in [-0.15, -0.1) is 0 Å². The first-order valence-electron chi connectivity index (χ1n) is 6.98. The standard InChI is InChI=1S/C16H25NO/c1-12-10-14(11-13(2)15(12)18)16(3,4)17-8-6-5-7-9-17/h10-11,18H,5-9H2,1-4H3. The average molecular weight is 247 g/mol. The van der Waals surface area contributed by atoms with E-state index in [9.17, 15) is 5.11 Å². The van der Waals surface area contributed by atoms with Gasteiger partial charge in [0.15, 0.2) is 0 Å². The summed E-state index contributed by atoms with van der Waals surface area (Å²) in [6, 6.07) is 4.27. The van der Waals surface area contributed by atoms with Gasteiger partial charge in [-0.25, -0.2) is 0 Å². The lowest BCUT2D eigenvalue weighted by molar-refractivity contribution is 0.0942. The molecule has 18 heavy (non-hydrogen) atoms. The van der Waals surface area contributed by atoms with Crippen molar-refractivity contribution >= 4 is 0 Å². The van der Waals surface area contributed by atoms with E-state index in [0.29, 0.717) is 5.75 Å². The molecule has 0 aromatic heterocycles. The van der Waals surface area contributed by atoms with Crippen LogP contribution in [0.4, 0.5) is 0 Å². The van der Waals surface area contributed by atoms with Crippen LogP contribution < -0.4 is 0 Å². The molecule has 1 saturated heterocycles. The Morgan fingerprint density at radius 3 is 2.00 bits per heavy atom. The molecule has 2 rings (SSSR count). The second-order valence-corrected chi connectivity index (χ2v) is 6.07. The molecule has 0 spiro atoms. The van der Waals surface area contributed by atoms with Crippen LogP contribution in [0.3, 0.4) is 0 Å². The molecule has 2 heteroatoms. The van der Waals surface area contributed by atoms with Crippen LogP contribution in [-0.4, -0.2) is 23.1 Å². The number of phenolic OH excluding ortho intramolecular Hbond substituents is 1. The average Bonchev–Trinajstić information content (AvgIpc) is 2.36. The predicted octanol–water partition coefficient (Wildman–Crippen LogP) is 3.73. The summed E-state index contributed by atoms with van der Waals surface area (Å²) < 4.78 is 0. The molecule has 1 aliphatic rings. The Morgan fingerprint density at radius 1 is 1.00 bits per heavy atom. The van der Waals surface area contributed by atoms with Crippen molar-refractivity contribution in [2.45, 2.75) is 52.5 Å². The van der Waals surface area contributed by atoms with Crippen LogP contribution in [0.2, 0.25) is 0 Å². The van der Waals surface area contributed by atoms with Gasteiger partial charge in [-0.05, 0) is 70.3 Å². The highest BCUT2D eigenvalue weighted by atomic mass is 16.3. The van der Waals surface area contributed by atoms with Crippen molar-refractivity contribution in [1.82, 2.24) is 4.90 Å². The van der Waals surface area contributed by atoms with E-state index in [1.54, 1.807) is 0 Å². The molecule has 1 aromatic carbocycles. The van der Waals surface area contributed by atoms with Gasteiger partial charge in [0.2, 0.25) is 0 Å². The molecule has 1 heterocycles. The first-order chi connectivity index (χ1) is 8.43. The van der Waals surface area contributed by atoms with E-state index in [1.807, 2.05) is 13.8 Å². The van der Waals surface area contributed by atoms with Crippen LogP contribution in [-0.2, 0) is 5.54 Å². The number of nitrogens with zero attached hydrogens (tertiary/aromatic N) is 1. The Labute approximate surface area is 111 Å². The lowest BCUT2D eigenvalue weighted by atomic mass is 9.88. The minimum absolute atomic E-state index is 0.0592. The maximum absolute atomic E-state index is 9.89. The summed E-state index contributed by atoms with van der Waals surface area (Å²) in [6.45, 7) is 10.9. The Balaban J connectivity index is 2.33. The molecular formula is C16H25NO. The predicted molar refractivity (Wildman–Crippen MR) is 76.0 cm³/mol. The number of likely N-dealkylation sites (tertiary alicyclic amines) is 1. The zero-order valence-electron chi connectivity index (χ0n) is 12.1. The Bertz CT molecular complexity index is 408. The maximum Gasteiger partial charge on any atom is 0.121 e. The fourth-order valence-electron chi connectivity index (χ4n) is 2.94. The number of phenols is 1. The number of aryl methyl sites for hydroxylation is 2. The first-order valence-corrected chi connectivity index (χ1v) is 6.98. The molecule has 0 radical (unpaired) electrons. The van der Waals surface area contributed by atoms with E-state index < -0.39 is 0 Å². The first kappa shape index (κ1) is 13.4.